The Balaban J connectivity index is 2.32. The lowest BCUT2D eigenvalue weighted by Crippen LogP contribution is -1.87. The van der Waals surface area contributed by atoms with Crippen LogP contribution in [0.3, 0.4) is 0 Å². The summed E-state index contributed by atoms with van der Waals surface area (Å²) >= 11 is 1.51. The van der Waals surface area contributed by atoms with Gasteiger partial charge in [0.05, 0.1) is 22.8 Å². The molecular weight excluding hydrogens is 220 g/mol. The van der Waals surface area contributed by atoms with Gasteiger partial charge in [-0.3, -0.25) is 0 Å². The van der Waals surface area contributed by atoms with Crippen LogP contribution in [0.2, 0.25) is 0 Å². The molecule has 2 heterocycles. The highest BCUT2D eigenvalue weighted by atomic mass is 32.2. The van der Waals surface area contributed by atoms with E-state index in [1.165, 1.54) is 11.8 Å². The fourth-order valence-corrected chi connectivity index (χ4v) is 2.26. The van der Waals surface area contributed by atoms with Gasteiger partial charge in [0.1, 0.15) is 10.8 Å². The van der Waals surface area contributed by atoms with E-state index in [-0.39, 0.29) is 0 Å². The molecule has 4 heteroatoms. The molecule has 0 amide bonds. The van der Waals surface area contributed by atoms with Crippen LogP contribution in [0.25, 0.3) is 0 Å². The highest BCUT2D eigenvalue weighted by Crippen LogP contribution is 2.30. The summed E-state index contributed by atoms with van der Waals surface area (Å²) < 4.78 is 5.21. The Bertz CT molecular complexity index is 554. The van der Waals surface area contributed by atoms with Crippen molar-refractivity contribution in [1.29, 1.82) is 5.26 Å². The van der Waals surface area contributed by atoms with Crippen LogP contribution in [0.1, 0.15) is 17.0 Å². The second-order valence-electron chi connectivity index (χ2n) is 3.39. The van der Waals surface area contributed by atoms with Crippen molar-refractivity contribution in [3.05, 3.63) is 41.5 Å². The second kappa shape index (κ2) is 4.42. The number of pyridine rings is 1. The topological polar surface area (TPSA) is 49.8 Å². The molecule has 16 heavy (non-hydrogen) atoms. The Hall–Kier alpha value is -1.73. The molecule has 2 rings (SSSR count). The van der Waals surface area contributed by atoms with E-state index in [9.17, 15) is 0 Å². The van der Waals surface area contributed by atoms with E-state index in [4.69, 9.17) is 9.68 Å². The Labute approximate surface area is 98.1 Å². The third-order valence-corrected chi connectivity index (χ3v) is 3.15. The molecule has 0 saturated carbocycles. The van der Waals surface area contributed by atoms with Crippen molar-refractivity contribution in [2.75, 3.05) is 0 Å². The number of nitriles is 1. The molecule has 0 spiro atoms. The maximum absolute atomic E-state index is 8.86. The number of hydrogen-bond acceptors (Lipinski definition) is 4. The highest BCUT2D eigenvalue weighted by Gasteiger charge is 2.06. The van der Waals surface area contributed by atoms with Crippen LogP contribution in [0.4, 0.5) is 0 Å². The number of nitrogens with zero attached hydrogens (tertiary/aromatic N) is 2. The molecular formula is C12H10N2OS. The standard InChI is InChI=1S/C12H10N2OS/c1-8-5-10(7-13)6-12(14-8)16-11-3-4-15-9(11)2/h3-6H,1-2H3. The molecule has 3 nitrogen and oxygen atoms in total. The zero-order chi connectivity index (χ0) is 11.5. The van der Waals surface area contributed by atoms with Crippen LogP contribution in [0, 0.1) is 25.2 Å². The van der Waals surface area contributed by atoms with Crippen molar-refractivity contribution in [2.45, 2.75) is 23.8 Å². The molecule has 0 saturated heterocycles. The van der Waals surface area contributed by atoms with Gasteiger partial charge in [-0.2, -0.15) is 5.26 Å². The number of aryl methyl sites for hydroxylation is 2. The predicted molar refractivity (Wildman–Crippen MR) is 61.3 cm³/mol. The Morgan fingerprint density at radius 1 is 1.38 bits per heavy atom. The zero-order valence-electron chi connectivity index (χ0n) is 9.02. The van der Waals surface area contributed by atoms with Gasteiger partial charge < -0.3 is 4.42 Å². The molecule has 0 N–H and O–H groups in total. The summed E-state index contributed by atoms with van der Waals surface area (Å²) in [5.41, 5.74) is 1.49. The van der Waals surface area contributed by atoms with E-state index >= 15 is 0 Å². The average molecular weight is 230 g/mol. The molecule has 0 aliphatic heterocycles. The van der Waals surface area contributed by atoms with Crippen molar-refractivity contribution in [3.63, 3.8) is 0 Å². The fraction of sp³-hybridized carbons (Fsp3) is 0.167. The molecule has 0 atom stereocenters. The van der Waals surface area contributed by atoms with Gasteiger partial charge in [0.2, 0.25) is 0 Å². The predicted octanol–water partition coefficient (Wildman–Crippen LogP) is 3.31. The average Bonchev–Trinajstić information content (AvgIpc) is 2.63. The highest BCUT2D eigenvalue weighted by molar-refractivity contribution is 7.99. The summed E-state index contributed by atoms with van der Waals surface area (Å²) in [4.78, 5) is 5.40. The summed E-state index contributed by atoms with van der Waals surface area (Å²) in [5.74, 6) is 0.867. The normalized spacial score (nSPS) is 10.1. The number of aromatic nitrogens is 1. The quantitative estimate of drug-likeness (QED) is 0.794. The van der Waals surface area contributed by atoms with Gasteiger partial charge in [0.15, 0.2) is 0 Å². The van der Waals surface area contributed by atoms with E-state index in [0.717, 1.165) is 21.4 Å². The van der Waals surface area contributed by atoms with Crippen LogP contribution < -0.4 is 0 Å². The lowest BCUT2D eigenvalue weighted by atomic mass is 10.2. The Morgan fingerprint density at radius 3 is 2.81 bits per heavy atom. The number of furan rings is 1. The monoisotopic (exact) mass is 230 g/mol. The minimum atomic E-state index is 0.635. The first kappa shape index (κ1) is 10.8. The molecule has 80 valence electrons. The largest absolute Gasteiger partial charge is 0.468 e. The molecule has 0 radical (unpaired) electrons. The summed E-state index contributed by atoms with van der Waals surface area (Å²) in [7, 11) is 0. The molecule has 2 aromatic heterocycles. The van der Waals surface area contributed by atoms with E-state index in [2.05, 4.69) is 11.1 Å². The van der Waals surface area contributed by atoms with E-state index in [1.54, 1.807) is 18.4 Å². The third kappa shape index (κ3) is 2.26. The molecule has 0 unspecified atom stereocenters. The first-order chi connectivity index (χ1) is 7.69. The van der Waals surface area contributed by atoms with E-state index < -0.39 is 0 Å². The van der Waals surface area contributed by atoms with Crippen LogP contribution >= 0.6 is 11.8 Å². The van der Waals surface area contributed by atoms with E-state index in [1.807, 2.05) is 19.9 Å². The first-order valence-electron chi connectivity index (χ1n) is 4.80. The van der Waals surface area contributed by atoms with Crippen molar-refractivity contribution in [2.24, 2.45) is 0 Å². The first-order valence-corrected chi connectivity index (χ1v) is 5.61. The molecule has 0 aromatic carbocycles. The minimum Gasteiger partial charge on any atom is -0.468 e. The molecule has 0 aliphatic rings. The molecule has 0 bridgehead atoms. The van der Waals surface area contributed by atoms with Crippen molar-refractivity contribution >= 4 is 11.8 Å². The Kier molecular flexibility index (Phi) is 2.97. The fourth-order valence-electron chi connectivity index (χ4n) is 1.35. The van der Waals surface area contributed by atoms with Crippen molar-refractivity contribution < 1.29 is 4.42 Å². The third-order valence-electron chi connectivity index (χ3n) is 2.08. The Morgan fingerprint density at radius 2 is 2.19 bits per heavy atom. The van der Waals surface area contributed by atoms with E-state index in [0.29, 0.717) is 5.56 Å². The summed E-state index contributed by atoms with van der Waals surface area (Å²) in [6.45, 7) is 3.79. The van der Waals surface area contributed by atoms with Crippen LogP contribution in [-0.2, 0) is 0 Å². The number of rotatable bonds is 2. The number of hydrogen-bond donors (Lipinski definition) is 0. The summed E-state index contributed by atoms with van der Waals surface area (Å²) in [5, 5.41) is 9.68. The smallest absolute Gasteiger partial charge is 0.114 e. The van der Waals surface area contributed by atoms with Crippen LogP contribution in [0.15, 0.2) is 38.8 Å². The lowest BCUT2D eigenvalue weighted by molar-refractivity contribution is 0.527. The van der Waals surface area contributed by atoms with Crippen LogP contribution in [-0.4, -0.2) is 4.98 Å². The molecule has 0 fully saturated rings. The van der Waals surface area contributed by atoms with Crippen LogP contribution in [0.5, 0.6) is 0 Å². The minimum absolute atomic E-state index is 0.635. The lowest BCUT2D eigenvalue weighted by Gasteiger charge is -2.01. The van der Waals surface area contributed by atoms with Crippen molar-refractivity contribution in [3.8, 4) is 6.07 Å². The van der Waals surface area contributed by atoms with Gasteiger partial charge >= 0.3 is 0 Å². The molecule has 0 aliphatic carbocycles. The van der Waals surface area contributed by atoms with Gasteiger partial charge in [-0.05, 0) is 32.0 Å². The van der Waals surface area contributed by atoms with Gasteiger partial charge in [-0.15, -0.1) is 0 Å². The SMILES string of the molecule is Cc1cc(C#N)cc(Sc2ccoc2C)n1. The molecule has 2 aromatic rings. The maximum Gasteiger partial charge on any atom is 0.114 e. The maximum atomic E-state index is 8.86. The van der Waals surface area contributed by atoms with Gasteiger partial charge in [0, 0.05) is 5.69 Å². The zero-order valence-corrected chi connectivity index (χ0v) is 9.84. The second-order valence-corrected chi connectivity index (χ2v) is 4.45. The van der Waals surface area contributed by atoms with Gasteiger partial charge in [0.25, 0.3) is 0 Å². The summed E-state index contributed by atoms with van der Waals surface area (Å²) in [6.07, 6.45) is 1.65. The van der Waals surface area contributed by atoms with Gasteiger partial charge in [-0.1, -0.05) is 11.8 Å². The van der Waals surface area contributed by atoms with Crippen molar-refractivity contribution in [1.82, 2.24) is 4.98 Å². The summed E-state index contributed by atoms with van der Waals surface area (Å²) in [6, 6.07) is 7.58. The van der Waals surface area contributed by atoms with Gasteiger partial charge in [-0.25, -0.2) is 4.98 Å².